The van der Waals surface area contributed by atoms with E-state index >= 15 is 0 Å². The third-order valence-corrected chi connectivity index (χ3v) is 3.10. The number of halogens is 2. The van der Waals surface area contributed by atoms with Gasteiger partial charge >= 0.3 is 0 Å². The number of thiocarbonyl (C=S) groups is 1. The molecule has 2 rings (SSSR count). The fraction of sp³-hybridized carbons (Fsp3) is 0. The van der Waals surface area contributed by atoms with Gasteiger partial charge in [0.15, 0.2) is 10.9 Å². The lowest BCUT2D eigenvalue weighted by atomic mass is 10.3. The fourth-order valence-corrected chi connectivity index (χ4v) is 1.86. The summed E-state index contributed by atoms with van der Waals surface area (Å²) >= 11 is 16.6. The van der Waals surface area contributed by atoms with Gasteiger partial charge in [-0.3, -0.25) is 0 Å². The van der Waals surface area contributed by atoms with E-state index in [1.165, 1.54) is 0 Å². The Hall–Kier alpha value is -1.49. The Morgan fingerprint density at radius 1 is 1.11 bits per heavy atom. The Kier molecular flexibility index (Phi) is 4.47. The standard InChI is InChI=1S/C13H10Cl2N2OS/c14-9-6-5-8(7-10(9)15)18-12-4-2-1-3-11(12)17-13(16)19/h1-7H,(H3,16,17,19). The molecule has 0 saturated carbocycles. The summed E-state index contributed by atoms with van der Waals surface area (Å²) in [7, 11) is 0. The van der Waals surface area contributed by atoms with Crippen molar-refractivity contribution in [2.75, 3.05) is 5.32 Å². The van der Waals surface area contributed by atoms with Crippen molar-refractivity contribution in [1.82, 2.24) is 0 Å². The van der Waals surface area contributed by atoms with Crippen molar-refractivity contribution in [1.29, 1.82) is 0 Å². The van der Waals surface area contributed by atoms with Crippen LogP contribution in [0.3, 0.4) is 0 Å². The largest absolute Gasteiger partial charge is 0.455 e. The molecule has 0 bridgehead atoms. The molecule has 2 aromatic carbocycles. The minimum absolute atomic E-state index is 0.171. The molecule has 2 aromatic rings. The van der Waals surface area contributed by atoms with Crippen LogP contribution in [0, 0.1) is 0 Å². The highest BCUT2D eigenvalue weighted by molar-refractivity contribution is 7.80. The Labute approximate surface area is 126 Å². The summed E-state index contributed by atoms with van der Waals surface area (Å²) in [5.74, 6) is 1.17. The SMILES string of the molecule is NC(=S)Nc1ccccc1Oc1ccc(Cl)c(Cl)c1. The van der Waals surface area contributed by atoms with E-state index in [0.717, 1.165) is 0 Å². The molecular weight excluding hydrogens is 303 g/mol. The van der Waals surface area contributed by atoms with Crippen LogP contribution in [0.25, 0.3) is 0 Å². The molecule has 0 heterocycles. The van der Waals surface area contributed by atoms with Crippen molar-refractivity contribution in [2.45, 2.75) is 0 Å². The van der Waals surface area contributed by atoms with Crippen LogP contribution in [-0.2, 0) is 0 Å². The first-order valence-corrected chi connectivity index (χ1v) is 6.51. The molecule has 0 spiro atoms. The molecule has 0 atom stereocenters. The number of ether oxygens (including phenoxy) is 1. The minimum Gasteiger partial charge on any atom is -0.455 e. The normalized spacial score (nSPS) is 10.0. The van der Waals surface area contributed by atoms with Gasteiger partial charge in [0.05, 0.1) is 15.7 Å². The van der Waals surface area contributed by atoms with Crippen molar-refractivity contribution >= 4 is 46.2 Å². The van der Waals surface area contributed by atoms with Crippen LogP contribution < -0.4 is 15.8 Å². The molecule has 0 fully saturated rings. The fourth-order valence-electron chi connectivity index (χ4n) is 1.46. The number of nitrogens with one attached hydrogen (secondary N) is 1. The number of benzene rings is 2. The lowest BCUT2D eigenvalue weighted by molar-refractivity contribution is 0.485. The molecule has 0 aliphatic heterocycles. The number of nitrogens with two attached hydrogens (primary N) is 1. The maximum Gasteiger partial charge on any atom is 0.168 e. The lowest BCUT2D eigenvalue weighted by Gasteiger charge is -2.12. The molecule has 0 radical (unpaired) electrons. The minimum atomic E-state index is 0.171. The molecule has 3 N–H and O–H groups in total. The molecule has 0 saturated heterocycles. The maximum absolute atomic E-state index is 5.94. The number of hydrogen-bond donors (Lipinski definition) is 2. The van der Waals surface area contributed by atoms with E-state index < -0.39 is 0 Å². The first-order chi connectivity index (χ1) is 9.06. The van der Waals surface area contributed by atoms with Crippen LogP contribution in [0.4, 0.5) is 5.69 Å². The zero-order chi connectivity index (χ0) is 13.8. The molecule has 19 heavy (non-hydrogen) atoms. The van der Waals surface area contributed by atoms with Crippen LogP contribution in [0.5, 0.6) is 11.5 Å². The van der Waals surface area contributed by atoms with Gasteiger partial charge in [-0.15, -0.1) is 0 Å². The van der Waals surface area contributed by atoms with Gasteiger partial charge in [0.1, 0.15) is 5.75 Å². The first-order valence-electron chi connectivity index (χ1n) is 5.34. The van der Waals surface area contributed by atoms with E-state index in [2.05, 4.69) is 5.32 Å². The predicted octanol–water partition coefficient (Wildman–Crippen LogP) is 4.44. The molecule has 98 valence electrons. The average molecular weight is 313 g/mol. The van der Waals surface area contributed by atoms with Crippen LogP contribution >= 0.6 is 35.4 Å². The van der Waals surface area contributed by atoms with E-state index in [0.29, 0.717) is 27.2 Å². The average Bonchev–Trinajstić information content (AvgIpc) is 2.36. The van der Waals surface area contributed by atoms with Crippen LogP contribution in [0.15, 0.2) is 42.5 Å². The highest BCUT2D eigenvalue weighted by Crippen LogP contribution is 2.32. The summed E-state index contributed by atoms with van der Waals surface area (Å²) < 4.78 is 5.73. The Morgan fingerprint density at radius 2 is 1.84 bits per heavy atom. The highest BCUT2D eigenvalue weighted by Gasteiger charge is 2.06. The Morgan fingerprint density at radius 3 is 2.53 bits per heavy atom. The molecule has 0 amide bonds. The molecule has 0 aliphatic rings. The maximum atomic E-state index is 5.94. The van der Waals surface area contributed by atoms with Gasteiger partial charge < -0.3 is 15.8 Å². The third kappa shape index (κ3) is 3.73. The molecule has 0 unspecified atom stereocenters. The summed E-state index contributed by atoms with van der Waals surface area (Å²) in [6.07, 6.45) is 0. The molecular formula is C13H10Cl2N2OS. The number of para-hydroxylation sites is 2. The number of rotatable bonds is 3. The summed E-state index contributed by atoms with van der Waals surface area (Å²) in [4.78, 5) is 0. The monoisotopic (exact) mass is 312 g/mol. The van der Waals surface area contributed by atoms with Gasteiger partial charge in [-0.05, 0) is 36.5 Å². The highest BCUT2D eigenvalue weighted by atomic mass is 35.5. The second-order valence-corrected chi connectivity index (χ2v) is 4.92. The van der Waals surface area contributed by atoms with Crippen LogP contribution in [-0.4, -0.2) is 5.11 Å². The molecule has 0 aliphatic carbocycles. The Balaban J connectivity index is 2.27. The lowest BCUT2D eigenvalue weighted by Crippen LogP contribution is -2.19. The van der Waals surface area contributed by atoms with Crippen molar-refractivity contribution in [3.05, 3.63) is 52.5 Å². The summed E-state index contributed by atoms with van der Waals surface area (Å²) in [6.45, 7) is 0. The van der Waals surface area contributed by atoms with E-state index in [1.54, 1.807) is 24.3 Å². The van der Waals surface area contributed by atoms with E-state index in [4.69, 9.17) is 45.9 Å². The van der Waals surface area contributed by atoms with Crippen LogP contribution in [0.2, 0.25) is 10.0 Å². The van der Waals surface area contributed by atoms with Gasteiger partial charge in [0.25, 0.3) is 0 Å². The smallest absolute Gasteiger partial charge is 0.168 e. The topological polar surface area (TPSA) is 47.3 Å². The van der Waals surface area contributed by atoms with Gasteiger partial charge in [-0.1, -0.05) is 35.3 Å². The molecule has 6 heteroatoms. The summed E-state index contributed by atoms with van der Waals surface area (Å²) in [5.41, 5.74) is 6.14. The predicted molar refractivity (Wildman–Crippen MR) is 83.4 cm³/mol. The van der Waals surface area contributed by atoms with E-state index in [9.17, 15) is 0 Å². The second-order valence-electron chi connectivity index (χ2n) is 3.66. The Bertz CT molecular complexity index is 619. The van der Waals surface area contributed by atoms with Gasteiger partial charge in [0, 0.05) is 6.07 Å². The molecule has 0 aromatic heterocycles. The zero-order valence-corrected chi connectivity index (χ0v) is 12.0. The quantitative estimate of drug-likeness (QED) is 0.822. The first kappa shape index (κ1) is 13.9. The van der Waals surface area contributed by atoms with Gasteiger partial charge in [-0.25, -0.2) is 0 Å². The second kappa shape index (κ2) is 6.10. The van der Waals surface area contributed by atoms with Crippen molar-refractivity contribution in [3.63, 3.8) is 0 Å². The van der Waals surface area contributed by atoms with Gasteiger partial charge in [-0.2, -0.15) is 0 Å². The zero-order valence-electron chi connectivity index (χ0n) is 9.69. The van der Waals surface area contributed by atoms with E-state index in [-0.39, 0.29) is 5.11 Å². The molecule has 3 nitrogen and oxygen atoms in total. The third-order valence-electron chi connectivity index (χ3n) is 2.26. The van der Waals surface area contributed by atoms with Gasteiger partial charge in [0.2, 0.25) is 0 Å². The van der Waals surface area contributed by atoms with Crippen molar-refractivity contribution < 1.29 is 4.74 Å². The number of anilines is 1. The van der Waals surface area contributed by atoms with Crippen LogP contribution in [0.1, 0.15) is 0 Å². The van der Waals surface area contributed by atoms with Crippen molar-refractivity contribution in [3.8, 4) is 11.5 Å². The summed E-state index contributed by atoms with van der Waals surface area (Å²) in [6, 6.07) is 12.3. The summed E-state index contributed by atoms with van der Waals surface area (Å²) in [5, 5.41) is 3.92. The van der Waals surface area contributed by atoms with Crippen molar-refractivity contribution in [2.24, 2.45) is 5.73 Å². The number of hydrogen-bond acceptors (Lipinski definition) is 2. The van der Waals surface area contributed by atoms with E-state index in [1.807, 2.05) is 18.2 Å².